The molecule has 122 valence electrons. The Labute approximate surface area is 147 Å². The highest BCUT2D eigenvalue weighted by Gasteiger charge is 2.02. The number of benzene rings is 2. The fourth-order valence-electron chi connectivity index (χ4n) is 3.04. The van der Waals surface area contributed by atoms with Crippen LogP contribution in [0.3, 0.4) is 0 Å². The quantitative estimate of drug-likeness (QED) is 0.656. The second-order valence-corrected chi connectivity index (χ2v) is 6.18. The number of hydrogen-bond donors (Lipinski definition) is 1. The second kappa shape index (κ2) is 6.78. The molecule has 1 aliphatic rings. The predicted molar refractivity (Wildman–Crippen MR) is 105 cm³/mol. The zero-order chi connectivity index (χ0) is 17.1. The van der Waals surface area contributed by atoms with E-state index in [4.69, 9.17) is 0 Å². The van der Waals surface area contributed by atoms with Crippen LogP contribution >= 0.6 is 0 Å². The Morgan fingerprint density at radius 2 is 1.76 bits per heavy atom. The van der Waals surface area contributed by atoms with Gasteiger partial charge in [-0.05, 0) is 47.8 Å². The van der Waals surface area contributed by atoms with E-state index in [0.29, 0.717) is 5.52 Å². The van der Waals surface area contributed by atoms with Crippen molar-refractivity contribution in [1.29, 1.82) is 0 Å². The lowest BCUT2D eigenvalue weighted by atomic mass is 9.98. The molecule has 0 atom stereocenters. The van der Waals surface area contributed by atoms with Crippen molar-refractivity contribution in [3.63, 3.8) is 0 Å². The highest BCUT2D eigenvalue weighted by Crippen LogP contribution is 2.24. The molecule has 1 aromatic heterocycles. The summed E-state index contributed by atoms with van der Waals surface area (Å²) in [6.07, 6.45) is 13.0. The van der Waals surface area contributed by atoms with E-state index in [0.717, 1.165) is 29.5 Å². The third-order valence-electron chi connectivity index (χ3n) is 4.41. The molecule has 0 fully saturated rings. The third kappa shape index (κ3) is 3.38. The number of para-hydroxylation sites is 1. The zero-order valence-corrected chi connectivity index (χ0v) is 13.9. The fourth-order valence-corrected chi connectivity index (χ4v) is 3.04. The first-order valence-electron chi connectivity index (χ1n) is 8.53. The summed E-state index contributed by atoms with van der Waals surface area (Å²) < 4.78 is 0. The summed E-state index contributed by atoms with van der Waals surface area (Å²) >= 11 is 0. The topological polar surface area (TPSA) is 33.1 Å². The number of nitrogens with zero attached hydrogens (tertiary/aromatic N) is 1. The standard InChI is InChI=1S/C23H19NO/c25-22-8-4-7-20-14-16-21(24-23(20)22)15-11-17-9-12-19(13-10-17)18-5-2-1-3-6-18/h2,4-16,25H,1,3H2/b15-11+. The Morgan fingerprint density at radius 1 is 0.880 bits per heavy atom. The maximum absolute atomic E-state index is 9.94. The monoisotopic (exact) mass is 325 g/mol. The van der Waals surface area contributed by atoms with Crippen LogP contribution in [0.2, 0.25) is 0 Å². The minimum absolute atomic E-state index is 0.214. The van der Waals surface area contributed by atoms with E-state index in [1.165, 1.54) is 11.1 Å². The number of pyridine rings is 1. The molecule has 4 rings (SSSR count). The summed E-state index contributed by atoms with van der Waals surface area (Å²) in [4.78, 5) is 4.53. The predicted octanol–water partition coefficient (Wildman–Crippen LogP) is 5.84. The van der Waals surface area contributed by atoms with Crippen molar-refractivity contribution in [2.75, 3.05) is 0 Å². The van der Waals surface area contributed by atoms with Gasteiger partial charge in [-0.3, -0.25) is 0 Å². The first-order chi connectivity index (χ1) is 12.3. The lowest BCUT2D eigenvalue weighted by Crippen LogP contribution is -1.86. The first kappa shape index (κ1) is 15.4. The van der Waals surface area contributed by atoms with Crippen LogP contribution in [0.1, 0.15) is 29.7 Å². The number of phenolic OH excluding ortho intramolecular Hbond substituents is 1. The molecule has 0 radical (unpaired) electrons. The van der Waals surface area contributed by atoms with Gasteiger partial charge in [0.25, 0.3) is 0 Å². The molecule has 0 amide bonds. The van der Waals surface area contributed by atoms with Crippen molar-refractivity contribution in [3.8, 4) is 5.75 Å². The Balaban J connectivity index is 1.56. The van der Waals surface area contributed by atoms with Gasteiger partial charge in [0.15, 0.2) is 0 Å². The smallest absolute Gasteiger partial charge is 0.141 e. The number of allylic oxidation sites excluding steroid dienone is 4. The number of aromatic hydroxyl groups is 1. The van der Waals surface area contributed by atoms with Crippen molar-refractivity contribution in [1.82, 2.24) is 4.98 Å². The maximum atomic E-state index is 9.94. The Hall–Kier alpha value is -3.13. The van der Waals surface area contributed by atoms with E-state index in [-0.39, 0.29) is 5.75 Å². The summed E-state index contributed by atoms with van der Waals surface area (Å²) in [5, 5.41) is 10.9. The second-order valence-electron chi connectivity index (χ2n) is 6.18. The number of aromatic nitrogens is 1. The van der Waals surface area contributed by atoms with E-state index in [2.05, 4.69) is 47.5 Å². The number of fused-ring (bicyclic) bond motifs is 1. The van der Waals surface area contributed by atoms with Crippen molar-refractivity contribution in [2.45, 2.75) is 12.8 Å². The highest BCUT2D eigenvalue weighted by molar-refractivity contribution is 5.85. The molecule has 2 aromatic carbocycles. The van der Waals surface area contributed by atoms with Gasteiger partial charge in [0.05, 0.1) is 5.69 Å². The van der Waals surface area contributed by atoms with Gasteiger partial charge in [0, 0.05) is 5.39 Å². The summed E-state index contributed by atoms with van der Waals surface area (Å²) in [5.41, 5.74) is 5.14. The van der Waals surface area contributed by atoms with Crippen LogP contribution < -0.4 is 0 Å². The molecule has 0 saturated heterocycles. The summed E-state index contributed by atoms with van der Waals surface area (Å²) in [6.45, 7) is 0. The zero-order valence-electron chi connectivity index (χ0n) is 13.9. The summed E-state index contributed by atoms with van der Waals surface area (Å²) in [5.74, 6) is 0.214. The van der Waals surface area contributed by atoms with Crippen LogP contribution in [0.5, 0.6) is 5.75 Å². The molecule has 1 N–H and O–H groups in total. The van der Waals surface area contributed by atoms with Crippen LogP contribution in [-0.4, -0.2) is 10.1 Å². The van der Waals surface area contributed by atoms with E-state index < -0.39 is 0 Å². The van der Waals surface area contributed by atoms with E-state index in [1.807, 2.05) is 36.4 Å². The van der Waals surface area contributed by atoms with Crippen LogP contribution in [0, 0.1) is 0 Å². The minimum atomic E-state index is 0.214. The molecule has 0 unspecified atom stereocenters. The SMILES string of the molecule is Oc1cccc2ccc(/C=C/c3ccc(C4=CCCC=C4)cc3)nc12. The van der Waals surface area contributed by atoms with Crippen LogP contribution in [0.4, 0.5) is 0 Å². The first-order valence-corrected chi connectivity index (χ1v) is 8.53. The van der Waals surface area contributed by atoms with Crippen LogP contribution in [0.25, 0.3) is 28.6 Å². The number of rotatable bonds is 3. The molecule has 0 spiro atoms. The van der Waals surface area contributed by atoms with E-state index in [1.54, 1.807) is 6.07 Å². The van der Waals surface area contributed by atoms with Gasteiger partial charge >= 0.3 is 0 Å². The van der Waals surface area contributed by atoms with E-state index in [9.17, 15) is 5.11 Å². The summed E-state index contributed by atoms with van der Waals surface area (Å²) in [7, 11) is 0. The maximum Gasteiger partial charge on any atom is 0.141 e. The molecule has 1 heterocycles. The van der Waals surface area contributed by atoms with Gasteiger partial charge in [-0.1, -0.05) is 66.8 Å². The molecule has 25 heavy (non-hydrogen) atoms. The Morgan fingerprint density at radius 3 is 2.56 bits per heavy atom. The molecule has 2 heteroatoms. The Kier molecular flexibility index (Phi) is 4.17. The third-order valence-corrected chi connectivity index (χ3v) is 4.41. The van der Waals surface area contributed by atoms with Gasteiger partial charge in [0.1, 0.15) is 11.3 Å². The largest absolute Gasteiger partial charge is 0.506 e. The molecular weight excluding hydrogens is 306 g/mol. The van der Waals surface area contributed by atoms with Crippen molar-refractivity contribution in [2.24, 2.45) is 0 Å². The van der Waals surface area contributed by atoms with E-state index >= 15 is 0 Å². The molecule has 2 nitrogen and oxygen atoms in total. The molecule has 0 aliphatic heterocycles. The molecule has 0 saturated carbocycles. The average molecular weight is 325 g/mol. The van der Waals surface area contributed by atoms with Crippen LogP contribution in [0.15, 0.2) is 72.8 Å². The van der Waals surface area contributed by atoms with Gasteiger partial charge < -0.3 is 5.11 Å². The molecule has 1 aliphatic carbocycles. The number of hydrogen-bond acceptors (Lipinski definition) is 2. The highest BCUT2D eigenvalue weighted by atomic mass is 16.3. The van der Waals surface area contributed by atoms with Gasteiger partial charge in [-0.25, -0.2) is 4.98 Å². The number of phenols is 1. The minimum Gasteiger partial charge on any atom is -0.506 e. The molecule has 0 bridgehead atoms. The van der Waals surface area contributed by atoms with Gasteiger partial charge in [0.2, 0.25) is 0 Å². The summed E-state index contributed by atoms with van der Waals surface area (Å²) in [6, 6.07) is 17.9. The van der Waals surface area contributed by atoms with Crippen molar-refractivity contribution >= 4 is 28.6 Å². The van der Waals surface area contributed by atoms with Gasteiger partial charge in [-0.2, -0.15) is 0 Å². The van der Waals surface area contributed by atoms with Crippen molar-refractivity contribution < 1.29 is 5.11 Å². The Bertz CT molecular complexity index is 994. The molecule has 3 aromatic rings. The van der Waals surface area contributed by atoms with Crippen LogP contribution in [-0.2, 0) is 0 Å². The lowest BCUT2D eigenvalue weighted by Gasteiger charge is -2.07. The lowest BCUT2D eigenvalue weighted by molar-refractivity contribution is 0.480. The van der Waals surface area contributed by atoms with Gasteiger partial charge in [-0.15, -0.1) is 0 Å². The normalized spacial score (nSPS) is 14.2. The fraction of sp³-hybridized carbons (Fsp3) is 0.0870. The molecular formula is C23H19NO. The average Bonchev–Trinajstić information content (AvgIpc) is 2.68. The van der Waals surface area contributed by atoms with Crippen molar-refractivity contribution in [3.05, 3.63) is 89.6 Å².